The molecule has 0 amide bonds. The van der Waals surface area contributed by atoms with Crippen molar-refractivity contribution in [1.82, 2.24) is 0 Å². The molecule has 0 spiro atoms. The van der Waals surface area contributed by atoms with Crippen molar-refractivity contribution in [2.24, 2.45) is 0 Å². The molecule has 0 aromatic heterocycles. The van der Waals surface area contributed by atoms with Crippen molar-refractivity contribution in [2.75, 3.05) is 0 Å². The Kier molecular flexibility index (Phi) is 3.19. The summed E-state index contributed by atoms with van der Waals surface area (Å²) >= 11 is 19.0. The van der Waals surface area contributed by atoms with Gasteiger partial charge in [-0.1, -0.05) is 48.5 Å². The predicted molar refractivity (Wildman–Crippen MR) is 80.8 cm³/mol. The first kappa shape index (κ1) is 12.6. The van der Waals surface area contributed by atoms with Gasteiger partial charge in [-0.25, -0.2) is 0 Å². The van der Waals surface area contributed by atoms with Gasteiger partial charge in [0.1, 0.15) is 0 Å². The highest BCUT2D eigenvalue weighted by Crippen LogP contribution is 2.46. The molecule has 4 heteroatoms. The molecule has 0 heterocycles. The monoisotopic (exact) mass is 312 g/mol. The molecule has 0 saturated carbocycles. The summed E-state index contributed by atoms with van der Waals surface area (Å²) in [6, 6.07) is 13.7. The number of benzene rings is 2. The molecule has 3 rings (SSSR count). The Morgan fingerprint density at radius 1 is 0.778 bits per heavy atom. The molecule has 92 valence electrons. The van der Waals surface area contributed by atoms with E-state index in [4.69, 9.17) is 33.2 Å². The molecule has 0 fully saturated rings. The maximum Gasteiger partial charge on any atom is 0.352 e. The standard InChI is InChI=1S/C14H11Cl3Si/c15-18(16,17)14-12-7-3-1-5-10(12)9-11-6-2-4-8-13(11)14/h1-8,14H,9H2. The molecular weight excluding hydrogens is 303 g/mol. The van der Waals surface area contributed by atoms with Crippen molar-refractivity contribution in [1.29, 1.82) is 0 Å². The van der Waals surface area contributed by atoms with E-state index in [1.807, 2.05) is 24.3 Å². The van der Waals surface area contributed by atoms with Gasteiger partial charge in [-0.05, 0) is 28.7 Å². The molecule has 0 nitrogen and oxygen atoms in total. The van der Waals surface area contributed by atoms with E-state index in [9.17, 15) is 0 Å². The first-order valence-corrected chi connectivity index (χ1v) is 10.9. The molecule has 0 radical (unpaired) electrons. The minimum absolute atomic E-state index is 0.0522. The zero-order valence-corrected chi connectivity index (χ0v) is 12.8. The zero-order chi connectivity index (χ0) is 12.8. The average Bonchev–Trinajstić information content (AvgIpc) is 2.34. The Bertz CT molecular complexity index is 544. The Morgan fingerprint density at radius 3 is 1.67 bits per heavy atom. The summed E-state index contributed by atoms with van der Waals surface area (Å²) in [7, 11) is 0. The average molecular weight is 314 g/mol. The Labute approximate surface area is 122 Å². The lowest BCUT2D eigenvalue weighted by molar-refractivity contribution is 0.967. The van der Waals surface area contributed by atoms with E-state index in [0.717, 1.165) is 6.42 Å². The van der Waals surface area contributed by atoms with Crippen LogP contribution in [0.15, 0.2) is 48.5 Å². The first-order valence-electron chi connectivity index (χ1n) is 5.79. The highest BCUT2D eigenvalue weighted by molar-refractivity contribution is 7.65. The smallest absolute Gasteiger partial charge is 0.125 e. The zero-order valence-electron chi connectivity index (χ0n) is 9.54. The fraction of sp³-hybridized carbons (Fsp3) is 0.143. The molecule has 0 unspecified atom stereocenters. The maximum atomic E-state index is 6.34. The Hall–Kier alpha value is -0.473. The van der Waals surface area contributed by atoms with Gasteiger partial charge in [0.05, 0.1) is 0 Å². The molecule has 0 N–H and O–H groups in total. The lowest BCUT2D eigenvalue weighted by atomic mass is 9.86. The molecular formula is C14H11Cl3Si. The number of fused-ring (bicyclic) bond motifs is 2. The first-order chi connectivity index (χ1) is 8.57. The van der Waals surface area contributed by atoms with E-state index >= 15 is 0 Å². The van der Waals surface area contributed by atoms with Gasteiger partial charge in [-0.15, -0.1) is 33.2 Å². The largest absolute Gasteiger partial charge is 0.352 e. The number of hydrogen-bond acceptors (Lipinski definition) is 0. The molecule has 18 heavy (non-hydrogen) atoms. The van der Waals surface area contributed by atoms with E-state index in [0.29, 0.717) is 0 Å². The van der Waals surface area contributed by atoms with E-state index in [1.165, 1.54) is 22.3 Å². The highest BCUT2D eigenvalue weighted by atomic mass is 35.8. The third kappa shape index (κ3) is 2.10. The summed E-state index contributed by atoms with van der Waals surface area (Å²) in [5.41, 5.74) is 4.87. The van der Waals surface area contributed by atoms with Crippen LogP contribution >= 0.6 is 33.2 Å². The number of hydrogen-bond donors (Lipinski definition) is 0. The van der Waals surface area contributed by atoms with Crippen LogP contribution in [0, 0.1) is 0 Å². The molecule has 2 aromatic carbocycles. The van der Waals surface area contributed by atoms with Crippen LogP contribution in [-0.4, -0.2) is 6.00 Å². The lowest BCUT2D eigenvalue weighted by Crippen LogP contribution is -2.29. The highest BCUT2D eigenvalue weighted by Gasteiger charge is 2.42. The fourth-order valence-electron chi connectivity index (χ4n) is 2.68. The van der Waals surface area contributed by atoms with Crippen molar-refractivity contribution >= 4 is 39.2 Å². The molecule has 0 atom stereocenters. The third-order valence-electron chi connectivity index (χ3n) is 3.44. The molecule has 2 aromatic rings. The van der Waals surface area contributed by atoms with Gasteiger partial charge in [-0.2, -0.15) is 0 Å². The van der Waals surface area contributed by atoms with Crippen molar-refractivity contribution in [3.63, 3.8) is 0 Å². The van der Waals surface area contributed by atoms with Crippen LogP contribution in [0.1, 0.15) is 27.8 Å². The Morgan fingerprint density at radius 2 is 1.22 bits per heavy atom. The van der Waals surface area contributed by atoms with Gasteiger partial charge in [0.15, 0.2) is 0 Å². The second-order valence-corrected chi connectivity index (χ2v) is 13.3. The van der Waals surface area contributed by atoms with Crippen molar-refractivity contribution < 1.29 is 0 Å². The van der Waals surface area contributed by atoms with Gasteiger partial charge in [-0.3, -0.25) is 0 Å². The maximum absolute atomic E-state index is 6.34. The summed E-state index contributed by atoms with van der Waals surface area (Å²) in [6.07, 6.45) is 0.929. The summed E-state index contributed by atoms with van der Waals surface area (Å²) in [5.74, 6) is 0. The van der Waals surface area contributed by atoms with Crippen LogP contribution in [0.3, 0.4) is 0 Å². The lowest BCUT2D eigenvalue weighted by Gasteiger charge is -2.31. The van der Waals surface area contributed by atoms with Crippen molar-refractivity contribution in [3.8, 4) is 0 Å². The van der Waals surface area contributed by atoms with E-state index in [-0.39, 0.29) is 5.54 Å². The van der Waals surface area contributed by atoms with Crippen molar-refractivity contribution in [2.45, 2.75) is 12.0 Å². The van der Waals surface area contributed by atoms with Crippen LogP contribution in [0.2, 0.25) is 0 Å². The molecule has 0 saturated heterocycles. The van der Waals surface area contributed by atoms with Gasteiger partial charge in [0.2, 0.25) is 0 Å². The number of rotatable bonds is 1. The SMILES string of the molecule is Cl[Si](Cl)(Cl)C1c2ccccc2Cc2ccccc21. The summed E-state index contributed by atoms with van der Waals surface area (Å²) in [6.45, 7) is 0. The topological polar surface area (TPSA) is 0 Å². The predicted octanol–water partition coefficient (Wildman–Crippen LogP) is 4.92. The second kappa shape index (κ2) is 4.57. The van der Waals surface area contributed by atoms with Crippen LogP contribution < -0.4 is 0 Å². The summed E-state index contributed by atoms with van der Waals surface area (Å²) in [5, 5.41) is 0. The van der Waals surface area contributed by atoms with Crippen molar-refractivity contribution in [3.05, 3.63) is 70.8 Å². The number of halogens is 3. The van der Waals surface area contributed by atoms with E-state index < -0.39 is 6.00 Å². The molecule has 0 aliphatic heterocycles. The van der Waals surface area contributed by atoms with Crippen LogP contribution in [0.4, 0.5) is 0 Å². The Balaban J connectivity index is 2.24. The molecule has 1 aliphatic rings. The summed E-state index contributed by atoms with van der Waals surface area (Å²) < 4.78 is 0. The van der Waals surface area contributed by atoms with Gasteiger partial charge >= 0.3 is 6.00 Å². The van der Waals surface area contributed by atoms with Crippen LogP contribution in [0.25, 0.3) is 0 Å². The van der Waals surface area contributed by atoms with E-state index in [1.54, 1.807) is 0 Å². The second-order valence-electron chi connectivity index (χ2n) is 4.55. The summed E-state index contributed by atoms with van der Waals surface area (Å²) in [4.78, 5) is 0. The van der Waals surface area contributed by atoms with Gasteiger partial charge in [0, 0.05) is 5.54 Å². The fourth-order valence-corrected chi connectivity index (χ4v) is 6.06. The van der Waals surface area contributed by atoms with Gasteiger partial charge < -0.3 is 0 Å². The van der Waals surface area contributed by atoms with Gasteiger partial charge in [0.25, 0.3) is 0 Å². The third-order valence-corrected chi connectivity index (χ3v) is 6.68. The molecule has 1 aliphatic carbocycles. The minimum Gasteiger partial charge on any atom is -0.125 e. The minimum atomic E-state index is -2.84. The van der Waals surface area contributed by atoms with E-state index in [2.05, 4.69) is 24.3 Å². The van der Waals surface area contributed by atoms with Crippen LogP contribution in [-0.2, 0) is 6.42 Å². The van der Waals surface area contributed by atoms with Crippen LogP contribution in [0.5, 0.6) is 0 Å². The quantitative estimate of drug-likeness (QED) is 0.518. The normalized spacial score (nSPS) is 15.1. The molecule has 0 bridgehead atoms.